The molecule has 1 aliphatic rings. The monoisotopic (exact) mass is 258 g/mol. The van der Waals surface area contributed by atoms with E-state index >= 15 is 0 Å². The third-order valence-electron chi connectivity index (χ3n) is 3.49. The molecule has 19 heavy (non-hydrogen) atoms. The SMILES string of the molecule is CC(C1CC1)n1cc(C(=O)O)c(-c2cnccn2)n1. The summed E-state index contributed by atoms with van der Waals surface area (Å²) in [6, 6.07) is 0.225. The van der Waals surface area contributed by atoms with Gasteiger partial charge in [0.1, 0.15) is 17.0 Å². The normalized spacial score (nSPS) is 16.3. The third kappa shape index (κ3) is 2.21. The Balaban J connectivity index is 2.04. The van der Waals surface area contributed by atoms with Crippen LogP contribution in [0.1, 0.15) is 36.2 Å². The van der Waals surface area contributed by atoms with Crippen LogP contribution in [0.15, 0.2) is 24.8 Å². The first-order valence-corrected chi connectivity index (χ1v) is 6.25. The van der Waals surface area contributed by atoms with E-state index in [4.69, 9.17) is 0 Å². The Labute approximate surface area is 110 Å². The number of carboxylic acids is 1. The Morgan fingerprint density at radius 2 is 2.26 bits per heavy atom. The summed E-state index contributed by atoms with van der Waals surface area (Å²) in [5.74, 6) is -0.383. The fourth-order valence-corrected chi connectivity index (χ4v) is 2.16. The van der Waals surface area contributed by atoms with Crippen molar-refractivity contribution in [2.24, 2.45) is 5.92 Å². The molecule has 1 atom stereocenters. The van der Waals surface area contributed by atoms with Gasteiger partial charge in [-0.05, 0) is 25.7 Å². The molecule has 0 aliphatic heterocycles. The Morgan fingerprint density at radius 3 is 2.84 bits per heavy atom. The lowest BCUT2D eigenvalue weighted by Crippen LogP contribution is -2.07. The topological polar surface area (TPSA) is 80.9 Å². The predicted octanol–water partition coefficient (Wildman–Crippen LogP) is 2.01. The van der Waals surface area contributed by atoms with Gasteiger partial charge in [0.25, 0.3) is 0 Å². The van der Waals surface area contributed by atoms with E-state index in [1.54, 1.807) is 17.1 Å². The molecule has 1 unspecified atom stereocenters. The fourth-order valence-electron chi connectivity index (χ4n) is 2.16. The molecule has 1 fully saturated rings. The zero-order chi connectivity index (χ0) is 13.4. The highest BCUT2D eigenvalue weighted by Crippen LogP contribution is 2.39. The van der Waals surface area contributed by atoms with Crippen LogP contribution in [0.4, 0.5) is 0 Å². The molecule has 6 nitrogen and oxygen atoms in total. The van der Waals surface area contributed by atoms with E-state index in [2.05, 4.69) is 22.0 Å². The lowest BCUT2D eigenvalue weighted by molar-refractivity contribution is 0.0697. The van der Waals surface area contributed by atoms with E-state index in [9.17, 15) is 9.90 Å². The van der Waals surface area contributed by atoms with Crippen LogP contribution >= 0.6 is 0 Å². The highest BCUT2D eigenvalue weighted by Gasteiger charge is 2.31. The molecule has 1 saturated carbocycles. The lowest BCUT2D eigenvalue weighted by atomic mass is 10.2. The second-order valence-electron chi connectivity index (χ2n) is 4.85. The van der Waals surface area contributed by atoms with Gasteiger partial charge >= 0.3 is 5.97 Å². The van der Waals surface area contributed by atoms with E-state index in [0.717, 1.165) is 0 Å². The molecule has 6 heteroatoms. The smallest absolute Gasteiger partial charge is 0.339 e. The average molecular weight is 258 g/mol. The maximum absolute atomic E-state index is 11.3. The molecular formula is C13H14N4O2. The molecule has 2 heterocycles. The van der Waals surface area contributed by atoms with Gasteiger partial charge in [-0.1, -0.05) is 0 Å². The number of rotatable bonds is 4. The van der Waals surface area contributed by atoms with Gasteiger partial charge in [-0.2, -0.15) is 5.10 Å². The zero-order valence-electron chi connectivity index (χ0n) is 10.5. The van der Waals surface area contributed by atoms with E-state index in [0.29, 0.717) is 17.3 Å². The zero-order valence-corrected chi connectivity index (χ0v) is 10.5. The number of nitrogens with zero attached hydrogens (tertiary/aromatic N) is 4. The van der Waals surface area contributed by atoms with Gasteiger partial charge < -0.3 is 5.11 Å². The van der Waals surface area contributed by atoms with E-state index < -0.39 is 5.97 Å². The van der Waals surface area contributed by atoms with Crippen molar-refractivity contribution in [1.82, 2.24) is 19.7 Å². The maximum Gasteiger partial charge on any atom is 0.339 e. The number of carbonyl (C=O) groups is 1. The molecule has 3 rings (SSSR count). The van der Waals surface area contributed by atoms with Crippen molar-refractivity contribution in [3.8, 4) is 11.4 Å². The van der Waals surface area contributed by atoms with Crippen molar-refractivity contribution >= 4 is 5.97 Å². The van der Waals surface area contributed by atoms with Crippen LogP contribution in [-0.2, 0) is 0 Å². The molecule has 0 amide bonds. The summed E-state index contributed by atoms with van der Waals surface area (Å²) in [6.07, 6.45) is 8.57. The van der Waals surface area contributed by atoms with Crippen LogP contribution in [0.5, 0.6) is 0 Å². The summed E-state index contributed by atoms with van der Waals surface area (Å²) in [4.78, 5) is 19.4. The minimum absolute atomic E-state index is 0.174. The largest absolute Gasteiger partial charge is 0.478 e. The second kappa shape index (κ2) is 4.46. The van der Waals surface area contributed by atoms with Crippen LogP contribution in [0.2, 0.25) is 0 Å². The van der Waals surface area contributed by atoms with E-state index in [1.165, 1.54) is 25.2 Å². The van der Waals surface area contributed by atoms with E-state index in [-0.39, 0.29) is 11.6 Å². The first-order chi connectivity index (χ1) is 9.16. The molecule has 0 spiro atoms. The molecule has 2 aromatic rings. The minimum Gasteiger partial charge on any atom is -0.478 e. The van der Waals surface area contributed by atoms with E-state index in [1.807, 2.05) is 0 Å². The number of aromatic nitrogens is 4. The Kier molecular flexibility index (Phi) is 2.77. The molecule has 1 aliphatic carbocycles. The van der Waals surface area contributed by atoms with Gasteiger partial charge in [-0.3, -0.25) is 14.6 Å². The predicted molar refractivity (Wildman–Crippen MR) is 67.6 cm³/mol. The quantitative estimate of drug-likeness (QED) is 0.907. The number of carboxylic acid groups (broad SMARTS) is 1. The van der Waals surface area contributed by atoms with Gasteiger partial charge in [0, 0.05) is 18.6 Å². The number of hydrogen-bond donors (Lipinski definition) is 1. The van der Waals surface area contributed by atoms with Crippen molar-refractivity contribution in [1.29, 1.82) is 0 Å². The lowest BCUT2D eigenvalue weighted by Gasteiger charge is -2.09. The highest BCUT2D eigenvalue weighted by atomic mass is 16.4. The Hall–Kier alpha value is -2.24. The second-order valence-corrected chi connectivity index (χ2v) is 4.85. The van der Waals surface area contributed by atoms with Crippen LogP contribution in [0.3, 0.4) is 0 Å². The van der Waals surface area contributed by atoms with Gasteiger partial charge in [-0.25, -0.2) is 4.79 Å². The molecule has 0 saturated heterocycles. The summed E-state index contributed by atoms with van der Waals surface area (Å²) >= 11 is 0. The summed E-state index contributed by atoms with van der Waals surface area (Å²) in [5.41, 5.74) is 1.04. The Morgan fingerprint density at radius 1 is 1.47 bits per heavy atom. The van der Waals surface area contributed by atoms with Crippen LogP contribution < -0.4 is 0 Å². The van der Waals surface area contributed by atoms with Crippen molar-refractivity contribution in [2.75, 3.05) is 0 Å². The minimum atomic E-state index is -0.991. The van der Waals surface area contributed by atoms with Gasteiger partial charge in [0.05, 0.1) is 12.2 Å². The summed E-state index contributed by atoms with van der Waals surface area (Å²) in [6.45, 7) is 2.07. The molecule has 0 aromatic carbocycles. The first kappa shape index (κ1) is 11.8. The molecular weight excluding hydrogens is 244 g/mol. The third-order valence-corrected chi connectivity index (χ3v) is 3.49. The molecule has 0 radical (unpaired) electrons. The molecule has 0 bridgehead atoms. The van der Waals surface area contributed by atoms with Crippen molar-refractivity contribution in [3.05, 3.63) is 30.4 Å². The van der Waals surface area contributed by atoms with Crippen LogP contribution in [-0.4, -0.2) is 30.8 Å². The van der Waals surface area contributed by atoms with Crippen molar-refractivity contribution < 1.29 is 9.90 Å². The summed E-state index contributed by atoms with van der Waals surface area (Å²) < 4.78 is 1.74. The van der Waals surface area contributed by atoms with Crippen molar-refractivity contribution in [2.45, 2.75) is 25.8 Å². The standard InChI is InChI=1S/C13H14N4O2/c1-8(9-2-3-9)17-7-10(13(18)19)12(16-17)11-6-14-4-5-15-11/h4-9H,2-3H2,1H3,(H,18,19). The van der Waals surface area contributed by atoms with Gasteiger partial charge in [0.15, 0.2) is 0 Å². The maximum atomic E-state index is 11.3. The van der Waals surface area contributed by atoms with Crippen molar-refractivity contribution in [3.63, 3.8) is 0 Å². The molecule has 1 N–H and O–H groups in total. The highest BCUT2D eigenvalue weighted by molar-refractivity contribution is 5.93. The van der Waals surface area contributed by atoms with Gasteiger partial charge in [-0.15, -0.1) is 0 Å². The number of hydrogen-bond acceptors (Lipinski definition) is 4. The van der Waals surface area contributed by atoms with Gasteiger partial charge in [0.2, 0.25) is 0 Å². The number of aromatic carboxylic acids is 1. The van der Waals surface area contributed by atoms with Crippen LogP contribution in [0.25, 0.3) is 11.4 Å². The average Bonchev–Trinajstić information content (AvgIpc) is 3.17. The molecule has 2 aromatic heterocycles. The summed E-state index contributed by atoms with van der Waals surface area (Å²) in [7, 11) is 0. The first-order valence-electron chi connectivity index (χ1n) is 6.25. The Bertz CT molecular complexity index is 604. The summed E-state index contributed by atoms with van der Waals surface area (Å²) in [5, 5.41) is 13.7. The fraction of sp³-hybridized carbons (Fsp3) is 0.385. The molecule has 98 valence electrons. The van der Waals surface area contributed by atoms with Crippen LogP contribution in [0, 0.1) is 5.92 Å².